The quantitative estimate of drug-likeness (QED) is 0.0949. The SMILES string of the molecule is CCCCCCCCCCCC(C[C@@H]1OC(=O)[C@H]1CCCCCC)OC(=O)[C@@H](NC=O)C(C)CC. The van der Waals surface area contributed by atoms with Crippen LogP contribution in [0.3, 0.4) is 0 Å². The molecule has 35 heavy (non-hydrogen) atoms. The van der Waals surface area contributed by atoms with Crippen LogP contribution in [0.2, 0.25) is 0 Å². The summed E-state index contributed by atoms with van der Waals surface area (Å²) >= 11 is 0. The topological polar surface area (TPSA) is 81.7 Å². The first-order valence-corrected chi connectivity index (χ1v) is 14.6. The highest BCUT2D eigenvalue weighted by Gasteiger charge is 2.43. The summed E-state index contributed by atoms with van der Waals surface area (Å²) in [5.41, 5.74) is 0. The molecule has 5 atom stereocenters. The standard InChI is InChI=1S/C29H53NO5/c1-5-8-10-12-13-14-15-16-17-19-24(34-29(33)27(30-22-31)23(4)7-3)21-26-25(28(32)35-26)20-18-11-9-6-2/h22-27H,5-21H2,1-4H3,(H,30,31)/t23?,24?,25-,26-,27-/m0/s1. The number of esters is 2. The minimum Gasteiger partial charge on any atom is -0.461 e. The maximum absolute atomic E-state index is 12.9. The molecule has 0 aliphatic carbocycles. The molecule has 1 fully saturated rings. The van der Waals surface area contributed by atoms with Gasteiger partial charge in [-0.1, -0.05) is 111 Å². The third-order valence-electron chi connectivity index (χ3n) is 7.51. The second kappa shape index (κ2) is 19.6. The number of amides is 1. The van der Waals surface area contributed by atoms with Gasteiger partial charge in [-0.3, -0.25) is 9.59 Å². The summed E-state index contributed by atoms with van der Waals surface area (Å²) in [6.07, 6.45) is 18.7. The number of nitrogens with one attached hydrogen (secondary N) is 1. The van der Waals surface area contributed by atoms with Crippen molar-refractivity contribution < 1.29 is 23.9 Å². The molecule has 2 unspecified atom stereocenters. The number of rotatable bonds is 23. The Bertz CT molecular complexity index is 581. The molecule has 1 N–H and O–H groups in total. The van der Waals surface area contributed by atoms with E-state index in [2.05, 4.69) is 19.2 Å². The largest absolute Gasteiger partial charge is 0.461 e. The van der Waals surface area contributed by atoms with Crippen LogP contribution < -0.4 is 5.32 Å². The van der Waals surface area contributed by atoms with Gasteiger partial charge in [0.25, 0.3) is 0 Å². The average molecular weight is 496 g/mol. The van der Waals surface area contributed by atoms with Gasteiger partial charge in [-0.2, -0.15) is 0 Å². The maximum Gasteiger partial charge on any atom is 0.329 e. The Labute approximate surface area is 214 Å². The van der Waals surface area contributed by atoms with Gasteiger partial charge >= 0.3 is 11.9 Å². The Morgan fingerprint density at radius 3 is 2.06 bits per heavy atom. The van der Waals surface area contributed by atoms with Crippen molar-refractivity contribution in [1.29, 1.82) is 0 Å². The van der Waals surface area contributed by atoms with Crippen LogP contribution in [-0.2, 0) is 23.9 Å². The third kappa shape index (κ3) is 12.8. The molecular formula is C29H53NO5. The van der Waals surface area contributed by atoms with E-state index in [0.717, 1.165) is 44.9 Å². The number of carbonyl (C=O) groups is 3. The van der Waals surface area contributed by atoms with Gasteiger partial charge in [0.15, 0.2) is 0 Å². The van der Waals surface area contributed by atoms with Crippen LogP contribution in [0.4, 0.5) is 0 Å². The highest BCUT2D eigenvalue weighted by molar-refractivity contribution is 5.79. The monoisotopic (exact) mass is 495 g/mol. The summed E-state index contributed by atoms with van der Waals surface area (Å²) in [4.78, 5) is 36.1. The first-order chi connectivity index (χ1) is 17.0. The highest BCUT2D eigenvalue weighted by atomic mass is 16.6. The van der Waals surface area contributed by atoms with E-state index < -0.39 is 6.04 Å². The molecule has 0 aromatic carbocycles. The van der Waals surface area contributed by atoms with Gasteiger partial charge < -0.3 is 14.8 Å². The van der Waals surface area contributed by atoms with Crippen LogP contribution in [0.5, 0.6) is 0 Å². The molecule has 6 heteroatoms. The second-order valence-corrected chi connectivity index (χ2v) is 10.5. The Kier molecular flexibility index (Phi) is 17.6. The lowest BCUT2D eigenvalue weighted by Crippen LogP contribution is -2.48. The van der Waals surface area contributed by atoms with E-state index >= 15 is 0 Å². The summed E-state index contributed by atoms with van der Waals surface area (Å²) in [7, 11) is 0. The lowest BCUT2D eigenvalue weighted by Gasteiger charge is -2.37. The number of ether oxygens (including phenoxy) is 2. The smallest absolute Gasteiger partial charge is 0.329 e. The zero-order valence-corrected chi connectivity index (χ0v) is 23.0. The van der Waals surface area contributed by atoms with Crippen molar-refractivity contribution in [2.24, 2.45) is 11.8 Å². The molecule has 0 bridgehead atoms. The minimum absolute atomic E-state index is 0.00565. The summed E-state index contributed by atoms with van der Waals surface area (Å²) < 4.78 is 11.4. The molecule has 1 aliphatic heterocycles. The lowest BCUT2D eigenvalue weighted by atomic mass is 9.86. The molecular weight excluding hydrogens is 442 g/mol. The van der Waals surface area contributed by atoms with Gasteiger partial charge in [0, 0.05) is 6.42 Å². The minimum atomic E-state index is -0.642. The van der Waals surface area contributed by atoms with Crippen molar-refractivity contribution >= 4 is 18.3 Å². The van der Waals surface area contributed by atoms with Crippen LogP contribution in [0.25, 0.3) is 0 Å². The molecule has 1 saturated heterocycles. The van der Waals surface area contributed by atoms with Gasteiger partial charge in [0.1, 0.15) is 18.2 Å². The molecule has 204 valence electrons. The van der Waals surface area contributed by atoms with Crippen molar-refractivity contribution in [1.82, 2.24) is 5.32 Å². The predicted molar refractivity (Wildman–Crippen MR) is 141 cm³/mol. The molecule has 0 spiro atoms. The van der Waals surface area contributed by atoms with Gasteiger partial charge in [-0.05, 0) is 25.2 Å². The first-order valence-electron chi connectivity index (χ1n) is 14.6. The fourth-order valence-electron chi connectivity index (χ4n) is 4.88. The van der Waals surface area contributed by atoms with Crippen molar-refractivity contribution in [2.45, 2.75) is 155 Å². The summed E-state index contributed by atoms with van der Waals surface area (Å²) in [6.45, 7) is 8.35. The zero-order valence-electron chi connectivity index (χ0n) is 23.0. The number of carbonyl (C=O) groups excluding carboxylic acids is 3. The Morgan fingerprint density at radius 2 is 1.51 bits per heavy atom. The molecule has 1 amide bonds. The number of hydrogen-bond donors (Lipinski definition) is 1. The van der Waals surface area contributed by atoms with Gasteiger partial charge in [-0.25, -0.2) is 4.79 Å². The molecule has 1 rings (SSSR count). The van der Waals surface area contributed by atoms with E-state index in [9.17, 15) is 14.4 Å². The van der Waals surface area contributed by atoms with Crippen molar-refractivity contribution in [3.8, 4) is 0 Å². The first kappa shape index (κ1) is 31.4. The third-order valence-corrected chi connectivity index (χ3v) is 7.51. The van der Waals surface area contributed by atoms with E-state index in [0.29, 0.717) is 12.8 Å². The summed E-state index contributed by atoms with van der Waals surface area (Å²) in [5, 5.41) is 2.64. The highest BCUT2D eigenvalue weighted by Crippen LogP contribution is 2.33. The maximum atomic E-state index is 12.9. The van der Waals surface area contributed by atoms with E-state index in [4.69, 9.17) is 9.47 Å². The lowest BCUT2D eigenvalue weighted by molar-refractivity contribution is -0.190. The van der Waals surface area contributed by atoms with Crippen molar-refractivity contribution in [3.05, 3.63) is 0 Å². The van der Waals surface area contributed by atoms with Gasteiger partial charge in [-0.15, -0.1) is 0 Å². The normalized spacial score (nSPS) is 19.8. The molecule has 1 aliphatic rings. The molecule has 0 saturated carbocycles. The molecule has 1 heterocycles. The second-order valence-electron chi connectivity index (χ2n) is 10.5. The predicted octanol–water partition coefficient (Wildman–Crippen LogP) is 6.88. The molecule has 0 aromatic rings. The van der Waals surface area contributed by atoms with Crippen LogP contribution in [0, 0.1) is 11.8 Å². The molecule has 0 aromatic heterocycles. The fourth-order valence-corrected chi connectivity index (χ4v) is 4.88. The van der Waals surface area contributed by atoms with E-state index in [-0.39, 0.29) is 36.0 Å². The van der Waals surface area contributed by atoms with Gasteiger partial charge in [0.2, 0.25) is 6.41 Å². The average Bonchev–Trinajstić information content (AvgIpc) is 2.85. The number of hydrogen-bond acceptors (Lipinski definition) is 5. The Hall–Kier alpha value is -1.59. The van der Waals surface area contributed by atoms with Crippen molar-refractivity contribution in [2.75, 3.05) is 0 Å². The number of unbranched alkanes of at least 4 members (excludes halogenated alkanes) is 11. The van der Waals surface area contributed by atoms with Crippen LogP contribution in [-0.4, -0.2) is 36.6 Å². The Morgan fingerprint density at radius 1 is 0.943 bits per heavy atom. The van der Waals surface area contributed by atoms with Crippen LogP contribution in [0.1, 0.15) is 137 Å². The Balaban J connectivity index is 2.60. The van der Waals surface area contributed by atoms with Gasteiger partial charge in [0.05, 0.1) is 5.92 Å². The summed E-state index contributed by atoms with van der Waals surface area (Å²) in [6, 6.07) is -0.642. The molecule has 0 radical (unpaired) electrons. The van der Waals surface area contributed by atoms with Crippen LogP contribution in [0.15, 0.2) is 0 Å². The summed E-state index contributed by atoms with van der Waals surface area (Å²) in [5.74, 6) is -0.569. The zero-order chi connectivity index (χ0) is 25.9. The van der Waals surface area contributed by atoms with Crippen LogP contribution >= 0.6 is 0 Å². The van der Waals surface area contributed by atoms with E-state index in [1.165, 1.54) is 57.8 Å². The van der Waals surface area contributed by atoms with E-state index in [1.807, 2.05) is 13.8 Å². The van der Waals surface area contributed by atoms with Crippen molar-refractivity contribution in [3.63, 3.8) is 0 Å². The van der Waals surface area contributed by atoms with E-state index in [1.54, 1.807) is 0 Å². The fraction of sp³-hybridized carbons (Fsp3) is 0.897. The number of cyclic esters (lactones) is 1. The molecule has 6 nitrogen and oxygen atoms in total.